The number of fused-ring (bicyclic) bond motifs is 1. The Morgan fingerprint density at radius 1 is 1.00 bits per heavy atom. The van der Waals surface area contributed by atoms with E-state index in [-0.39, 0.29) is 24.2 Å². The number of nitrogens with zero attached hydrogens (tertiary/aromatic N) is 3. The predicted molar refractivity (Wildman–Crippen MR) is 114 cm³/mol. The third-order valence-electron chi connectivity index (χ3n) is 5.64. The molecular formula is C22H27ClN4O2. The summed E-state index contributed by atoms with van der Waals surface area (Å²) in [5, 5.41) is 3.46. The molecule has 2 amide bonds. The van der Waals surface area contributed by atoms with E-state index >= 15 is 0 Å². The summed E-state index contributed by atoms with van der Waals surface area (Å²) in [7, 11) is 0. The van der Waals surface area contributed by atoms with Crippen molar-refractivity contribution >= 4 is 24.2 Å². The quantitative estimate of drug-likeness (QED) is 0.736. The maximum atomic E-state index is 12.7. The van der Waals surface area contributed by atoms with Crippen LogP contribution in [0.25, 0.3) is 0 Å². The molecule has 2 aliphatic rings. The minimum Gasteiger partial charge on any atom is -0.317 e. The molecule has 1 aromatic carbocycles. The van der Waals surface area contributed by atoms with Gasteiger partial charge in [-0.05, 0) is 56.6 Å². The largest absolute Gasteiger partial charge is 0.317 e. The summed E-state index contributed by atoms with van der Waals surface area (Å²) in [5.74, 6) is -0.359. The summed E-state index contributed by atoms with van der Waals surface area (Å²) >= 11 is 0. The molecule has 1 fully saturated rings. The first-order valence-corrected chi connectivity index (χ1v) is 10.0. The lowest BCUT2D eigenvalue weighted by molar-refractivity contribution is 0.0615. The molecule has 29 heavy (non-hydrogen) atoms. The average molecular weight is 415 g/mol. The Labute approximate surface area is 177 Å². The molecule has 0 spiro atoms. The molecule has 6 nitrogen and oxygen atoms in total. The molecule has 0 bridgehead atoms. The van der Waals surface area contributed by atoms with Gasteiger partial charge in [0.15, 0.2) is 0 Å². The number of rotatable bonds is 6. The number of imide groups is 1. The molecule has 1 atom stereocenters. The third-order valence-corrected chi connectivity index (χ3v) is 5.64. The fourth-order valence-electron chi connectivity index (χ4n) is 4.13. The second-order valence-corrected chi connectivity index (χ2v) is 7.43. The van der Waals surface area contributed by atoms with Gasteiger partial charge in [-0.25, -0.2) is 0 Å². The second kappa shape index (κ2) is 9.96. The molecule has 7 heteroatoms. The number of nitrogens with one attached hydrogen (secondary N) is 1. The van der Waals surface area contributed by atoms with Gasteiger partial charge in [-0.1, -0.05) is 18.2 Å². The number of pyridine rings is 1. The molecule has 0 radical (unpaired) electrons. The van der Waals surface area contributed by atoms with Crippen LogP contribution in [0.1, 0.15) is 45.7 Å². The van der Waals surface area contributed by atoms with E-state index in [1.807, 2.05) is 24.4 Å². The highest BCUT2D eigenvalue weighted by Crippen LogP contribution is 2.23. The molecule has 3 heterocycles. The van der Waals surface area contributed by atoms with Crippen molar-refractivity contribution in [3.63, 3.8) is 0 Å². The van der Waals surface area contributed by atoms with E-state index in [1.165, 1.54) is 4.90 Å². The van der Waals surface area contributed by atoms with E-state index in [2.05, 4.69) is 15.2 Å². The van der Waals surface area contributed by atoms with Crippen LogP contribution in [-0.2, 0) is 6.54 Å². The first-order chi connectivity index (χ1) is 13.7. The van der Waals surface area contributed by atoms with E-state index in [0.717, 1.165) is 44.6 Å². The standard InChI is InChI=1S/C22H26N4O2.ClH/c27-21-19-8-1-2-9-20(19)22(28)26(21)15-14-25(16-17-6-3-4-12-24-17)18-7-5-11-23-13-10-18;/h1-4,6,8-9,12,18,23H,5,7,10-11,13-16H2;1H. The minimum absolute atomic E-state index is 0. The topological polar surface area (TPSA) is 65.5 Å². The van der Waals surface area contributed by atoms with Gasteiger partial charge in [-0.3, -0.25) is 24.4 Å². The fraction of sp³-hybridized carbons (Fsp3) is 0.409. The highest BCUT2D eigenvalue weighted by atomic mass is 35.5. The van der Waals surface area contributed by atoms with Crippen molar-refractivity contribution in [3.8, 4) is 0 Å². The van der Waals surface area contributed by atoms with Gasteiger partial charge in [0.2, 0.25) is 0 Å². The van der Waals surface area contributed by atoms with Crippen molar-refractivity contribution < 1.29 is 9.59 Å². The minimum atomic E-state index is -0.180. The van der Waals surface area contributed by atoms with Crippen LogP contribution in [0, 0.1) is 0 Å². The first-order valence-electron chi connectivity index (χ1n) is 10.0. The van der Waals surface area contributed by atoms with Gasteiger partial charge >= 0.3 is 0 Å². The zero-order valence-corrected chi connectivity index (χ0v) is 17.2. The Morgan fingerprint density at radius 3 is 2.41 bits per heavy atom. The lowest BCUT2D eigenvalue weighted by Gasteiger charge is -2.32. The lowest BCUT2D eigenvalue weighted by Crippen LogP contribution is -2.43. The predicted octanol–water partition coefficient (Wildman–Crippen LogP) is 2.74. The molecule has 1 aromatic heterocycles. The van der Waals surface area contributed by atoms with Crippen LogP contribution >= 0.6 is 12.4 Å². The van der Waals surface area contributed by atoms with Crippen LogP contribution in [-0.4, -0.2) is 58.8 Å². The van der Waals surface area contributed by atoms with Crippen LogP contribution in [0.2, 0.25) is 0 Å². The smallest absolute Gasteiger partial charge is 0.261 e. The number of aromatic nitrogens is 1. The number of amides is 2. The van der Waals surface area contributed by atoms with Crippen LogP contribution in [0.15, 0.2) is 48.7 Å². The van der Waals surface area contributed by atoms with Gasteiger partial charge in [0.1, 0.15) is 0 Å². The van der Waals surface area contributed by atoms with Crippen molar-refractivity contribution in [2.75, 3.05) is 26.2 Å². The maximum absolute atomic E-state index is 12.7. The van der Waals surface area contributed by atoms with Crippen LogP contribution < -0.4 is 5.32 Å². The van der Waals surface area contributed by atoms with E-state index < -0.39 is 0 Å². The molecule has 1 N–H and O–H groups in total. The van der Waals surface area contributed by atoms with Crippen LogP contribution in [0.5, 0.6) is 0 Å². The molecule has 154 valence electrons. The van der Waals surface area contributed by atoms with Crippen molar-refractivity contribution in [2.24, 2.45) is 0 Å². The van der Waals surface area contributed by atoms with Crippen LogP contribution in [0.3, 0.4) is 0 Å². The van der Waals surface area contributed by atoms with Crippen molar-refractivity contribution in [2.45, 2.75) is 31.8 Å². The van der Waals surface area contributed by atoms with Crippen LogP contribution in [0.4, 0.5) is 0 Å². The van der Waals surface area contributed by atoms with Gasteiger partial charge < -0.3 is 5.32 Å². The van der Waals surface area contributed by atoms with Gasteiger partial charge in [-0.15, -0.1) is 12.4 Å². The zero-order chi connectivity index (χ0) is 19.3. The van der Waals surface area contributed by atoms with E-state index in [4.69, 9.17) is 0 Å². The molecule has 2 aromatic rings. The molecule has 4 rings (SSSR count). The summed E-state index contributed by atoms with van der Waals surface area (Å²) in [5.41, 5.74) is 2.05. The Bertz CT molecular complexity index is 803. The maximum Gasteiger partial charge on any atom is 0.261 e. The molecule has 2 aliphatic heterocycles. The summed E-state index contributed by atoms with van der Waals surface area (Å²) in [6, 6.07) is 13.5. The third kappa shape index (κ3) is 4.83. The summed E-state index contributed by atoms with van der Waals surface area (Å²) in [6.45, 7) is 3.84. The Balaban J connectivity index is 0.00000240. The van der Waals surface area contributed by atoms with Gasteiger partial charge in [0.25, 0.3) is 11.8 Å². The lowest BCUT2D eigenvalue weighted by atomic mass is 10.1. The van der Waals surface area contributed by atoms with E-state index in [9.17, 15) is 9.59 Å². The highest BCUT2D eigenvalue weighted by molar-refractivity contribution is 6.21. The van der Waals surface area contributed by atoms with Crippen molar-refractivity contribution in [1.29, 1.82) is 0 Å². The Morgan fingerprint density at radius 2 is 1.72 bits per heavy atom. The van der Waals surface area contributed by atoms with Gasteiger partial charge in [0, 0.05) is 31.9 Å². The molecule has 0 saturated carbocycles. The number of carbonyl (C=O) groups is 2. The number of hydrogen-bond acceptors (Lipinski definition) is 5. The summed E-state index contributed by atoms with van der Waals surface area (Å²) < 4.78 is 0. The van der Waals surface area contributed by atoms with Crippen molar-refractivity contribution in [3.05, 3.63) is 65.5 Å². The van der Waals surface area contributed by atoms with Crippen molar-refractivity contribution in [1.82, 2.24) is 20.1 Å². The molecular weight excluding hydrogens is 388 g/mol. The zero-order valence-electron chi connectivity index (χ0n) is 16.4. The number of carbonyl (C=O) groups excluding carboxylic acids is 2. The monoisotopic (exact) mass is 414 g/mol. The fourth-order valence-corrected chi connectivity index (χ4v) is 4.13. The molecule has 0 aliphatic carbocycles. The number of hydrogen-bond donors (Lipinski definition) is 1. The SMILES string of the molecule is Cl.O=C1c2ccccc2C(=O)N1CCN(Cc1ccccn1)C1CCCNCC1. The highest BCUT2D eigenvalue weighted by Gasteiger charge is 2.35. The number of halogens is 1. The average Bonchev–Trinajstić information content (AvgIpc) is 2.92. The first kappa shape index (κ1) is 21.4. The summed E-state index contributed by atoms with van der Waals surface area (Å²) in [6.07, 6.45) is 5.12. The number of benzene rings is 1. The molecule has 1 saturated heterocycles. The molecule has 1 unspecified atom stereocenters. The second-order valence-electron chi connectivity index (χ2n) is 7.43. The van der Waals surface area contributed by atoms with E-state index in [1.54, 1.807) is 24.3 Å². The Kier molecular flexibility index (Phi) is 7.36. The van der Waals surface area contributed by atoms with E-state index in [0.29, 0.717) is 30.3 Å². The van der Waals surface area contributed by atoms with Gasteiger partial charge in [0.05, 0.1) is 16.8 Å². The van der Waals surface area contributed by atoms with Gasteiger partial charge in [-0.2, -0.15) is 0 Å². The summed E-state index contributed by atoms with van der Waals surface area (Å²) in [4.78, 5) is 33.6. The normalized spacial score (nSPS) is 19.1. The Hall–Kier alpha value is -2.28.